The second kappa shape index (κ2) is 6.35. The monoisotopic (exact) mass is 318 g/mol. The normalized spacial score (nSPS) is 17.3. The van der Waals surface area contributed by atoms with Crippen LogP contribution >= 0.6 is 15.4 Å². The molecule has 0 aromatic carbocycles. The van der Waals surface area contributed by atoms with Gasteiger partial charge in [0, 0.05) is 12.1 Å². The maximum absolute atomic E-state index is 12.0. The molecular weight excluding hydrogens is 294 g/mol. The first-order valence-corrected chi connectivity index (χ1v) is 9.27. The molecule has 0 fully saturated rings. The van der Waals surface area contributed by atoms with Crippen molar-refractivity contribution in [2.75, 3.05) is 19.9 Å². The third-order valence-electron chi connectivity index (χ3n) is 1.75. The maximum Gasteiger partial charge on any atom is 0.469 e. The Morgan fingerprint density at radius 2 is 1.37 bits per heavy atom. The van der Waals surface area contributed by atoms with Gasteiger partial charge in [-0.3, -0.25) is 9.09 Å². The van der Waals surface area contributed by atoms with Gasteiger partial charge in [0.05, 0.1) is 18.8 Å². The van der Waals surface area contributed by atoms with E-state index in [1.54, 1.807) is 34.6 Å². The Morgan fingerprint density at radius 1 is 0.947 bits per heavy atom. The number of phosphoric acid groups is 1. The van der Waals surface area contributed by atoms with Gasteiger partial charge in [-0.05, 0) is 20.8 Å². The van der Waals surface area contributed by atoms with Crippen LogP contribution in [0.15, 0.2) is 0 Å². The molecule has 7 nitrogen and oxygen atoms in total. The molecule has 0 amide bonds. The fourth-order valence-electron chi connectivity index (χ4n) is 1.12. The van der Waals surface area contributed by atoms with E-state index >= 15 is 0 Å². The van der Waals surface area contributed by atoms with Crippen molar-refractivity contribution >= 4 is 15.4 Å². The Morgan fingerprint density at radius 3 is 1.74 bits per heavy atom. The third kappa shape index (κ3) is 11.8. The van der Waals surface area contributed by atoms with Crippen LogP contribution in [0.25, 0.3) is 0 Å². The van der Waals surface area contributed by atoms with Crippen molar-refractivity contribution < 1.29 is 32.5 Å². The Balaban J connectivity index is 4.38. The molecule has 0 spiro atoms. The lowest BCUT2D eigenvalue weighted by molar-refractivity contribution is 0.0558. The predicted octanol–water partition coefficient (Wildman–Crippen LogP) is 2.78. The summed E-state index contributed by atoms with van der Waals surface area (Å²) in [6, 6.07) is 0. The molecule has 0 rings (SSSR count). The summed E-state index contributed by atoms with van der Waals surface area (Å²) in [6.45, 7) is 9.78. The fraction of sp³-hybridized carbons (Fsp3) is 1.00. The zero-order valence-corrected chi connectivity index (χ0v) is 14.0. The number of hydrogen-bond donors (Lipinski definition) is 2. The molecule has 0 bridgehead atoms. The molecule has 116 valence electrons. The molecule has 0 aliphatic heterocycles. The van der Waals surface area contributed by atoms with Crippen LogP contribution in [0, 0.1) is 5.41 Å². The number of rotatable bonds is 7. The highest BCUT2D eigenvalue weighted by Gasteiger charge is 2.30. The molecular formula is C10H24O7P2. The first-order valence-electron chi connectivity index (χ1n) is 5.75. The van der Waals surface area contributed by atoms with Gasteiger partial charge < -0.3 is 18.8 Å². The molecule has 1 unspecified atom stereocenters. The Kier molecular flexibility index (Phi) is 6.44. The molecule has 0 saturated heterocycles. The van der Waals surface area contributed by atoms with Crippen molar-refractivity contribution in [3.63, 3.8) is 0 Å². The van der Waals surface area contributed by atoms with Gasteiger partial charge in [0.2, 0.25) is 0 Å². The highest BCUT2D eigenvalue weighted by molar-refractivity contribution is 7.53. The topological polar surface area (TPSA) is 102 Å². The summed E-state index contributed by atoms with van der Waals surface area (Å²) < 4.78 is 37.6. The summed E-state index contributed by atoms with van der Waals surface area (Å²) >= 11 is 0. The molecule has 0 aromatic rings. The molecule has 2 N–H and O–H groups in total. The smallest absolute Gasteiger partial charge is 0.308 e. The van der Waals surface area contributed by atoms with Gasteiger partial charge in [-0.25, -0.2) is 4.57 Å². The Bertz CT molecular complexity index is 380. The first-order chi connectivity index (χ1) is 8.12. The van der Waals surface area contributed by atoms with Crippen LogP contribution in [0.2, 0.25) is 0 Å². The Labute approximate surface area is 114 Å². The van der Waals surface area contributed by atoms with Crippen LogP contribution in [0.1, 0.15) is 34.6 Å². The molecule has 0 radical (unpaired) electrons. The molecule has 1 atom stereocenters. The van der Waals surface area contributed by atoms with Crippen LogP contribution in [-0.4, -0.2) is 35.3 Å². The highest BCUT2D eigenvalue weighted by Crippen LogP contribution is 2.49. The van der Waals surface area contributed by atoms with Gasteiger partial charge >= 0.3 is 15.4 Å². The molecule has 0 heterocycles. The average molecular weight is 318 g/mol. The number of hydrogen-bond acceptors (Lipinski definition) is 5. The third-order valence-corrected chi connectivity index (χ3v) is 3.70. The summed E-state index contributed by atoms with van der Waals surface area (Å²) in [5.41, 5.74) is -1.30. The summed E-state index contributed by atoms with van der Waals surface area (Å²) in [7, 11) is -7.74. The van der Waals surface area contributed by atoms with Crippen molar-refractivity contribution in [2.45, 2.75) is 40.2 Å². The lowest BCUT2D eigenvalue weighted by atomic mass is 9.97. The van der Waals surface area contributed by atoms with E-state index in [4.69, 9.17) is 18.8 Å². The minimum atomic E-state index is -4.52. The van der Waals surface area contributed by atoms with Crippen LogP contribution in [0.4, 0.5) is 0 Å². The van der Waals surface area contributed by atoms with Gasteiger partial charge in [-0.15, -0.1) is 0 Å². The van der Waals surface area contributed by atoms with E-state index in [0.29, 0.717) is 0 Å². The van der Waals surface area contributed by atoms with Crippen molar-refractivity contribution in [3.05, 3.63) is 0 Å². The van der Waals surface area contributed by atoms with Crippen LogP contribution in [0.3, 0.4) is 0 Å². The highest BCUT2D eigenvalue weighted by atomic mass is 31.2. The summed E-state index contributed by atoms with van der Waals surface area (Å²) in [4.78, 5) is 17.3. The average Bonchev–Trinajstić information content (AvgIpc) is 2.08. The molecule has 0 aromatic heterocycles. The molecule has 0 saturated carbocycles. The lowest BCUT2D eigenvalue weighted by Crippen LogP contribution is -2.26. The zero-order valence-electron chi connectivity index (χ0n) is 12.2. The van der Waals surface area contributed by atoms with E-state index in [9.17, 15) is 9.13 Å². The van der Waals surface area contributed by atoms with Gasteiger partial charge in [-0.2, -0.15) is 0 Å². The lowest BCUT2D eigenvalue weighted by Gasteiger charge is -2.29. The van der Waals surface area contributed by atoms with E-state index < -0.39 is 26.4 Å². The van der Waals surface area contributed by atoms with Crippen LogP contribution in [-0.2, 0) is 22.7 Å². The van der Waals surface area contributed by atoms with Crippen molar-refractivity contribution in [1.29, 1.82) is 0 Å². The van der Waals surface area contributed by atoms with E-state index in [0.717, 1.165) is 0 Å². The second-order valence-electron chi connectivity index (χ2n) is 6.18. The quantitative estimate of drug-likeness (QED) is 0.696. The first kappa shape index (κ1) is 19.3. The van der Waals surface area contributed by atoms with E-state index in [2.05, 4.69) is 4.52 Å². The van der Waals surface area contributed by atoms with Crippen LogP contribution < -0.4 is 0 Å². The van der Waals surface area contributed by atoms with E-state index in [-0.39, 0.29) is 13.2 Å². The fourth-order valence-corrected chi connectivity index (χ4v) is 3.27. The maximum atomic E-state index is 12.0. The SMILES string of the molecule is CC(C)(COP(=O)(O)O)COP(C)(=O)OC(C)(C)C. The molecule has 0 aliphatic carbocycles. The summed E-state index contributed by atoms with van der Waals surface area (Å²) in [5.74, 6) is 0. The van der Waals surface area contributed by atoms with Crippen LogP contribution in [0.5, 0.6) is 0 Å². The van der Waals surface area contributed by atoms with Gasteiger partial charge in [0.1, 0.15) is 0 Å². The van der Waals surface area contributed by atoms with Gasteiger partial charge in [-0.1, -0.05) is 13.8 Å². The van der Waals surface area contributed by atoms with Gasteiger partial charge in [0.15, 0.2) is 0 Å². The minimum absolute atomic E-state index is 0.00312. The van der Waals surface area contributed by atoms with Crippen molar-refractivity contribution in [3.8, 4) is 0 Å². The van der Waals surface area contributed by atoms with E-state index in [1.807, 2.05) is 0 Å². The molecule has 9 heteroatoms. The van der Waals surface area contributed by atoms with Crippen molar-refractivity contribution in [1.82, 2.24) is 0 Å². The standard InChI is InChI=1S/C10H24O7P2/c1-9(2,3)17-18(6,11)15-7-10(4,5)8-16-19(12,13)14/h7-8H2,1-6H3,(H2,12,13,14). The Hall–Kier alpha value is 0.260. The van der Waals surface area contributed by atoms with Crippen molar-refractivity contribution in [2.24, 2.45) is 5.41 Å². The zero-order chi connectivity index (χ0) is 15.5. The van der Waals surface area contributed by atoms with E-state index in [1.165, 1.54) is 6.66 Å². The largest absolute Gasteiger partial charge is 0.469 e. The summed E-state index contributed by atoms with van der Waals surface area (Å²) in [6.07, 6.45) is 0. The van der Waals surface area contributed by atoms with Gasteiger partial charge in [0.25, 0.3) is 0 Å². The number of phosphoric ester groups is 1. The minimum Gasteiger partial charge on any atom is -0.308 e. The molecule has 19 heavy (non-hydrogen) atoms. The summed E-state index contributed by atoms with van der Waals surface area (Å²) in [5, 5.41) is 0. The predicted molar refractivity (Wildman–Crippen MR) is 72.1 cm³/mol. The molecule has 0 aliphatic rings. The second-order valence-corrected chi connectivity index (χ2v) is 9.40.